The van der Waals surface area contributed by atoms with Gasteiger partial charge in [-0.15, -0.1) is 16.8 Å². The van der Waals surface area contributed by atoms with Crippen molar-refractivity contribution in [2.75, 3.05) is 5.32 Å². The zero-order chi connectivity index (χ0) is 27.4. The first-order chi connectivity index (χ1) is 18.2. The molecule has 0 saturated heterocycles. The van der Waals surface area contributed by atoms with Gasteiger partial charge in [0.15, 0.2) is 10.9 Å². The second-order valence-corrected chi connectivity index (χ2v) is 10.9. The molecule has 0 radical (unpaired) electrons. The Kier molecular flexibility index (Phi) is 8.52. The molecule has 38 heavy (non-hydrogen) atoms. The van der Waals surface area contributed by atoms with Crippen LogP contribution in [0.4, 0.5) is 5.69 Å². The van der Waals surface area contributed by atoms with E-state index in [0.717, 1.165) is 51.9 Å². The number of carbonyl (C=O) groups excluding carboxylic acids is 2. The number of Topliss-reactive ketones (excluding diaryl/α,β-unsaturated/α-hetero) is 1. The summed E-state index contributed by atoms with van der Waals surface area (Å²) in [4.78, 5) is 26.6. The Bertz CT molecular complexity index is 1500. The van der Waals surface area contributed by atoms with Crippen molar-refractivity contribution in [2.24, 2.45) is 0 Å². The quantitative estimate of drug-likeness (QED) is 0.140. The summed E-state index contributed by atoms with van der Waals surface area (Å²) in [6, 6.07) is 14.0. The van der Waals surface area contributed by atoms with E-state index in [1.807, 2.05) is 68.7 Å². The van der Waals surface area contributed by atoms with E-state index >= 15 is 0 Å². The summed E-state index contributed by atoms with van der Waals surface area (Å²) in [5.41, 5.74) is 5.69. The van der Waals surface area contributed by atoms with E-state index in [1.54, 1.807) is 6.08 Å². The molecule has 8 heteroatoms. The number of carbonyl (C=O) groups is 2. The molecule has 1 atom stereocenters. The highest BCUT2D eigenvalue weighted by molar-refractivity contribution is 8.00. The molecule has 0 aliphatic rings. The van der Waals surface area contributed by atoms with Crippen LogP contribution in [0.15, 0.2) is 60.3 Å². The third kappa shape index (κ3) is 5.60. The smallest absolute Gasteiger partial charge is 0.232 e. The van der Waals surface area contributed by atoms with Gasteiger partial charge in [-0.1, -0.05) is 55.1 Å². The minimum Gasteiger partial charge on any atom is -0.344 e. The number of hydrogen-bond acceptors (Lipinski definition) is 5. The van der Waals surface area contributed by atoms with Crippen molar-refractivity contribution < 1.29 is 9.59 Å². The molecule has 1 N–H and O–H groups in total. The summed E-state index contributed by atoms with van der Waals surface area (Å²) in [6.45, 7) is 15.2. The molecule has 4 aromatic rings. The van der Waals surface area contributed by atoms with Gasteiger partial charge in [-0.05, 0) is 57.4 Å². The number of anilines is 1. The Morgan fingerprint density at radius 3 is 2.61 bits per heavy atom. The SMILES string of the molecule is C=CCn1c(CC(=O)Nc2cc(C)ccc2C)nnc1SC(C)C(=O)c1c(C)n(CCC)c2ccccc12. The maximum Gasteiger partial charge on any atom is 0.232 e. The number of para-hydroxylation sites is 1. The average molecular weight is 530 g/mol. The third-order valence-corrected chi connectivity index (χ3v) is 7.75. The summed E-state index contributed by atoms with van der Waals surface area (Å²) < 4.78 is 4.09. The Hall–Kier alpha value is -3.65. The number of ketones is 1. The van der Waals surface area contributed by atoms with Gasteiger partial charge in [-0.2, -0.15) is 0 Å². The van der Waals surface area contributed by atoms with E-state index in [0.29, 0.717) is 17.5 Å². The van der Waals surface area contributed by atoms with Crippen LogP contribution in [0.1, 0.15) is 53.3 Å². The molecule has 4 rings (SSSR count). The fourth-order valence-corrected chi connectivity index (χ4v) is 5.66. The van der Waals surface area contributed by atoms with Crippen molar-refractivity contribution in [3.8, 4) is 0 Å². The molecule has 0 bridgehead atoms. The highest BCUT2D eigenvalue weighted by Crippen LogP contribution is 2.32. The predicted octanol–water partition coefficient (Wildman–Crippen LogP) is 6.30. The van der Waals surface area contributed by atoms with Gasteiger partial charge < -0.3 is 14.5 Å². The van der Waals surface area contributed by atoms with Gasteiger partial charge in [0, 0.05) is 40.9 Å². The van der Waals surface area contributed by atoms with Gasteiger partial charge in [0.05, 0.1) is 11.7 Å². The molecule has 2 aromatic carbocycles. The van der Waals surface area contributed by atoms with Crippen molar-refractivity contribution in [2.45, 2.75) is 71.0 Å². The first kappa shape index (κ1) is 27.4. The molecule has 2 aromatic heterocycles. The first-order valence-electron chi connectivity index (χ1n) is 12.9. The third-order valence-electron chi connectivity index (χ3n) is 6.67. The molecule has 7 nitrogen and oxygen atoms in total. The summed E-state index contributed by atoms with van der Waals surface area (Å²) in [5, 5.41) is 12.8. The van der Waals surface area contributed by atoms with E-state index < -0.39 is 0 Å². The average Bonchev–Trinajstić information content (AvgIpc) is 3.38. The van der Waals surface area contributed by atoms with Gasteiger partial charge in [0.2, 0.25) is 5.91 Å². The van der Waals surface area contributed by atoms with Crippen LogP contribution in [-0.4, -0.2) is 36.3 Å². The lowest BCUT2D eigenvalue weighted by Crippen LogP contribution is -2.19. The van der Waals surface area contributed by atoms with Gasteiger partial charge in [0.25, 0.3) is 0 Å². The van der Waals surface area contributed by atoms with Crippen molar-refractivity contribution in [1.29, 1.82) is 0 Å². The largest absolute Gasteiger partial charge is 0.344 e. The summed E-state index contributed by atoms with van der Waals surface area (Å²) in [5.74, 6) is 0.419. The van der Waals surface area contributed by atoms with Crippen LogP contribution in [-0.2, 0) is 24.3 Å². The number of nitrogens with zero attached hydrogens (tertiary/aromatic N) is 4. The Labute approximate surface area is 228 Å². The van der Waals surface area contributed by atoms with Crippen LogP contribution in [0.5, 0.6) is 0 Å². The van der Waals surface area contributed by atoms with E-state index in [-0.39, 0.29) is 23.4 Å². The van der Waals surface area contributed by atoms with Crippen LogP contribution in [0.25, 0.3) is 10.9 Å². The number of aryl methyl sites for hydroxylation is 3. The highest BCUT2D eigenvalue weighted by atomic mass is 32.2. The van der Waals surface area contributed by atoms with E-state index in [1.165, 1.54) is 11.8 Å². The van der Waals surface area contributed by atoms with E-state index in [9.17, 15) is 9.59 Å². The molecule has 2 heterocycles. The molecular formula is C30H35N5O2S. The Morgan fingerprint density at radius 1 is 1.11 bits per heavy atom. The molecule has 0 aliphatic heterocycles. The molecule has 0 saturated carbocycles. The first-order valence-corrected chi connectivity index (χ1v) is 13.8. The number of rotatable bonds is 11. The van der Waals surface area contributed by atoms with Crippen LogP contribution >= 0.6 is 11.8 Å². The fourth-order valence-electron chi connectivity index (χ4n) is 4.73. The second kappa shape index (κ2) is 11.8. The molecule has 0 fully saturated rings. The van der Waals surface area contributed by atoms with Gasteiger partial charge >= 0.3 is 0 Å². The van der Waals surface area contributed by atoms with Gasteiger partial charge in [0.1, 0.15) is 5.82 Å². The molecule has 0 aliphatic carbocycles. The Balaban J connectivity index is 1.56. The van der Waals surface area contributed by atoms with Gasteiger partial charge in [-0.3, -0.25) is 9.59 Å². The van der Waals surface area contributed by atoms with Crippen molar-refractivity contribution in [1.82, 2.24) is 19.3 Å². The minimum absolute atomic E-state index is 0.0564. The van der Waals surface area contributed by atoms with Crippen molar-refractivity contribution in [3.63, 3.8) is 0 Å². The maximum atomic E-state index is 13.7. The predicted molar refractivity (Wildman–Crippen MR) is 155 cm³/mol. The lowest BCUT2D eigenvalue weighted by atomic mass is 10.0. The lowest BCUT2D eigenvalue weighted by molar-refractivity contribution is -0.115. The normalized spacial score (nSPS) is 12.0. The minimum atomic E-state index is -0.390. The number of allylic oxidation sites excluding steroid dienone is 1. The number of thioether (sulfide) groups is 1. The number of fused-ring (bicyclic) bond motifs is 1. The Morgan fingerprint density at radius 2 is 1.87 bits per heavy atom. The standard InChI is InChI=1S/C30H35N5O2S/c1-7-15-34-21(5)28(23-11-9-10-12-25(23)34)29(37)22(6)38-30-33-32-26(35(30)16-8-2)18-27(36)31-24-17-19(3)13-14-20(24)4/h8-14,17,22H,2,7,15-16,18H2,1,3-6H3,(H,31,36). The number of aromatic nitrogens is 4. The summed E-state index contributed by atoms with van der Waals surface area (Å²) >= 11 is 1.36. The van der Waals surface area contributed by atoms with Crippen LogP contribution in [0, 0.1) is 20.8 Å². The van der Waals surface area contributed by atoms with Crippen LogP contribution in [0.2, 0.25) is 0 Å². The van der Waals surface area contributed by atoms with Crippen molar-refractivity contribution in [3.05, 3.63) is 83.3 Å². The number of benzene rings is 2. The topological polar surface area (TPSA) is 81.8 Å². The zero-order valence-corrected chi connectivity index (χ0v) is 23.6. The van der Waals surface area contributed by atoms with Gasteiger partial charge in [-0.25, -0.2) is 0 Å². The van der Waals surface area contributed by atoms with E-state index in [4.69, 9.17) is 0 Å². The molecule has 1 unspecified atom stereocenters. The summed E-state index contributed by atoms with van der Waals surface area (Å²) in [6.07, 6.45) is 2.80. The number of amides is 1. The second-order valence-electron chi connectivity index (χ2n) is 9.59. The zero-order valence-electron chi connectivity index (χ0n) is 22.7. The monoisotopic (exact) mass is 529 g/mol. The van der Waals surface area contributed by atoms with Crippen LogP contribution < -0.4 is 5.32 Å². The van der Waals surface area contributed by atoms with E-state index in [2.05, 4.69) is 39.7 Å². The molecule has 0 spiro atoms. The number of nitrogens with one attached hydrogen (secondary N) is 1. The molecular weight excluding hydrogens is 494 g/mol. The highest BCUT2D eigenvalue weighted by Gasteiger charge is 2.26. The molecule has 1 amide bonds. The van der Waals surface area contributed by atoms with Crippen molar-refractivity contribution >= 4 is 40.0 Å². The summed E-state index contributed by atoms with van der Waals surface area (Å²) in [7, 11) is 0. The maximum absolute atomic E-state index is 13.7. The number of hydrogen-bond donors (Lipinski definition) is 1. The lowest BCUT2D eigenvalue weighted by Gasteiger charge is -2.13. The fraction of sp³-hybridized carbons (Fsp3) is 0.333. The van der Waals surface area contributed by atoms with Crippen LogP contribution in [0.3, 0.4) is 0 Å². The molecule has 198 valence electrons.